The average Bonchev–Trinajstić information content (AvgIpc) is 2.56. The van der Waals surface area contributed by atoms with E-state index in [1.807, 2.05) is 19.1 Å². The molecule has 7 heteroatoms. The Balaban J connectivity index is 1.96. The number of hydrogen-bond donors (Lipinski definition) is 1. The lowest BCUT2D eigenvalue weighted by Crippen LogP contribution is -2.02. The third kappa shape index (κ3) is 2.56. The molecule has 0 aliphatic rings. The van der Waals surface area contributed by atoms with Crippen LogP contribution in [0, 0.1) is 6.92 Å². The fourth-order valence-corrected chi connectivity index (χ4v) is 2.04. The maximum atomic E-state index is 5.66. The van der Waals surface area contributed by atoms with Crippen LogP contribution in [0.2, 0.25) is 0 Å². The van der Waals surface area contributed by atoms with Crippen LogP contribution >= 0.6 is 0 Å². The van der Waals surface area contributed by atoms with Gasteiger partial charge >= 0.3 is 0 Å². The van der Waals surface area contributed by atoms with Crippen LogP contribution in [0.1, 0.15) is 5.56 Å². The van der Waals surface area contributed by atoms with Gasteiger partial charge in [0.05, 0.1) is 7.11 Å². The molecule has 2 aromatic heterocycles. The lowest BCUT2D eigenvalue weighted by Gasteiger charge is -2.07. The third-order valence-corrected chi connectivity index (χ3v) is 3.23. The Morgan fingerprint density at radius 1 is 0.909 bits per heavy atom. The quantitative estimate of drug-likeness (QED) is 0.736. The largest absolute Gasteiger partial charge is 0.496 e. The monoisotopic (exact) mass is 294 g/mol. The number of methoxy groups -OCH3 is 1. The summed E-state index contributed by atoms with van der Waals surface area (Å²) in [4.78, 5) is 4.27. The molecule has 0 aliphatic heterocycles. The number of anilines is 1. The minimum Gasteiger partial charge on any atom is -0.496 e. The second-order valence-electron chi connectivity index (χ2n) is 4.66. The first-order valence-electron chi connectivity index (χ1n) is 6.62. The van der Waals surface area contributed by atoms with Crippen molar-refractivity contribution in [1.29, 1.82) is 0 Å². The molecule has 2 heterocycles. The number of ether oxygens (including phenoxy) is 1. The van der Waals surface area contributed by atoms with Crippen LogP contribution in [0.4, 0.5) is 5.69 Å². The van der Waals surface area contributed by atoms with E-state index in [-0.39, 0.29) is 0 Å². The standard InChI is InChI=1S/C15H14N6O/c1-9-12(22-2)7-8-17-13(9)15-20-18-14(19-21-15)10-3-5-11(16)6-4-10/h3-8H,16H2,1-2H3. The van der Waals surface area contributed by atoms with Crippen molar-refractivity contribution in [3.8, 4) is 28.7 Å². The van der Waals surface area contributed by atoms with E-state index >= 15 is 0 Å². The van der Waals surface area contributed by atoms with Gasteiger partial charge in [0.15, 0.2) is 0 Å². The van der Waals surface area contributed by atoms with Gasteiger partial charge in [-0.15, -0.1) is 20.4 Å². The van der Waals surface area contributed by atoms with Gasteiger partial charge in [0, 0.05) is 23.0 Å². The van der Waals surface area contributed by atoms with Gasteiger partial charge in [-0.3, -0.25) is 4.98 Å². The van der Waals surface area contributed by atoms with Crippen LogP contribution in [0.3, 0.4) is 0 Å². The molecule has 1 aromatic carbocycles. The highest BCUT2D eigenvalue weighted by Gasteiger charge is 2.12. The fourth-order valence-electron chi connectivity index (χ4n) is 2.04. The Labute approximate surface area is 127 Å². The van der Waals surface area contributed by atoms with Gasteiger partial charge in [-0.25, -0.2) is 0 Å². The summed E-state index contributed by atoms with van der Waals surface area (Å²) >= 11 is 0. The summed E-state index contributed by atoms with van der Waals surface area (Å²) in [5, 5.41) is 16.4. The molecule has 0 spiro atoms. The van der Waals surface area contributed by atoms with E-state index in [0.717, 1.165) is 16.9 Å². The van der Waals surface area contributed by atoms with Gasteiger partial charge in [-0.05, 0) is 37.3 Å². The van der Waals surface area contributed by atoms with Crippen molar-refractivity contribution in [3.05, 3.63) is 42.1 Å². The van der Waals surface area contributed by atoms with Crippen molar-refractivity contribution < 1.29 is 4.74 Å². The summed E-state index contributed by atoms with van der Waals surface area (Å²) < 4.78 is 5.26. The van der Waals surface area contributed by atoms with E-state index in [4.69, 9.17) is 10.5 Å². The second kappa shape index (κ2) is 5.72. The zero-order valence-corrected chi connectivity index (χ0v) is 12.2. The van der Waals surface area contributed by atoms with E-state index in [9.17, 15) is 0 Å². The minimum atomic E-state index is 0.357. The molecule has 22 heavy (non-hydrogen) atoms. The number of nitrogen functional groups attached to an aromatic ring is 1. The summed E-state index contributed by atoms with van der Waals surface area (Å²) in [7, 11) is 1.60. The lowest BCUT2D eigenvalue weighted by atomic mass is 10.2. The topological polar surface area (TPSA) is 99.7 Å². The van der Waals surface area contributed by atoms with Crippen molar-refractivity contribution in [3.63, 3.8) is 0 Å². The first kappa shape index (κ1) is 13.9. The first-order valence-corrected chi connectivity index (χ1v) is 6.62. The molecule has 0 saturated heterocycles. The van der Waals surface area contributed by atoms with E-state index in [0.29, 0.717) is 23.0 Å². The van der Waals surface area contributed by atoms with Crippen molar-refractivity contribution in [1.82, 2.24) is 25.4 Å². The lowest BCUT2D eigenvalue weighted by molar-refractivity contribution is 0.411. The Bertz CT molecular complexity index is 786. The highest BCUT2D eigenvalue weighted by molar-refractivity contribution is 5.60. The summed E-state index contributed by atoms with van der Waals surface area (Å²) in [6.45, 7) is 1.89. The summed E-state index contributed by atoms with van der Waals surface area (Å²) in [5.74, 6) is 1.51. The maximum Gasteiger partial charge on any atom is 0.222 e. The van der Waals surface area contributed by atoms with Crippen molar-refractivity contribution in [2.24, 2.45) is 0 Å². The molecule has 0 unspecified atom stereocenters. The molecule has 0 amide bonds. The van der Waals surface area contributed by atoms with Crippen molar-refractivity contribution in [2.45, 2.75) is 6.92 Å². The van der Waals surface area contributed by atoms with Crippen LogP contribution in [0.5, 0.6) is 5.75 Å². The Morgan fingerprint density at radius 3 is 2.18 bits per heavy atom. The fraction of sp³-hybridized carbons (Fsp3) is 0.133. The molecule has 0 fully saturated rings. The predicted molar refractivity (Wildman–Crippen MR) is 82.0 cm³/mol. The van der Waals surface area contributed by atoms with E-state index < -0.39 is 0 Å². The predicted octanol–water partition coefficient (Wildman–Crippen LogP) is 1.89. The number of nitrogens with zero attached hydrogens (tertiary/aromatic N) is 5. The summed E-state index contributed by atoms with van der Waals surface area (Å²) in [5.41, 5.74) is 8.58. The van der Waals surface area contributed by atoms with Crippen molar-refractivity contribution >= 4 is 5.69 Å². The first-order chi connectivity index (χ1) is 10.7. The molecule has 0 aliphatic carbocycles. The molecule has 0 atom stereocenters. The molecule has 110 valence electrons. The molecule has 7 nitrogen and oxygen atoms in total. The van der Waals surface area contributed by atoms with Crippen LogP contribution in [-0.2, 0) is 0 Å². The number of rotatable bonds is 3. The molecule has 0 radical (unpaired) electrons. The van der Waals surface area contributed by atoms with Gasteiger partial charge in [0.25, 0.3) is 0 Å². The average molecular weight is 294 g/mol. The summed E-state index contributed by atoms with van der Waals surface area (Å²) in [6, 6.07) is 8.98. The Hall–Kier alpha value is -3.09. The number of aromatic nitrogens is 5. The van der Waals surface area contributed by atoms with Gasteiger partial charge in [-0.1, -0.05) is 0 Å². The highest BCUT2D eigenvalue weighted by atomic mass is 16.5. The zero-order valence-electron chi connectivity index (χ0n) is 12.2. The molecule has 0 bridgehead atoms. The molecular formula is C15H14N6O. The van der Waals surface area contributed by atoms with Crippen LogP contribution in [0.15, 0.2) is 36.5 Å². The highest BCUT2D eigenvalue weighted by Crippen LogP contribution is 2.25. The second-order valence-corrected chi connectivity index (χ2v) is 4.66. The Morgan fingerprint density at radius 2 is 1.55 bits per heavy atom. The number of hydrogen-bond acceptors (Lipinski definition) is 7. The van der Waals surface area contributed by atoms with Crippen molar-refractivity contribution in [2.75, 3.05) is 12.8 Å². The van der Waals surface area contributed by atoms with Gasteiger partial charge in [0.1, 0.15) is 11.4 Å². The number of benzene rings is 1. The molecule has 2 N–H and O–H groups in total. The van der Waals surface area contributed by atoms with Crippen LogP contribution in [0.25, 0.3) is 22.9 Å². The van der Waals surface area contributed by atoms with E-state index in [1.54, 1.807) is 31.5 Å². The van der Waals surface area contributed by atoms with E-state index in [2.05, 4.69) is 25.4 Å². The van der Waals surface area contributed by atoms with E-state index in [1.165, 1.54) is 0 Å². The SMILES string of the molecule is COc1ccnc(-c2nnc(-c3ccc(N)cc3)nn2)c1C. The molecular weight excluding hydrogens is 280 g/mol. The summed E-state index contributed by atoms with van der Waals surface area (Å²) in [6.07, 6.45) is 1.64. The molecule has 3 aromatic rings. The smallest absolute Gasteiger partial charge is 0.222 e. The molecule has 3 rings (SSSR count). The van der Waals surface area contributed by atoms with Gasteiger partial charge in [-0.2, -0.15) is 0 Å². The van der Waals surface area contributed by atoms with Gasteiger partial charge in [0.2, 0.25) is 11.6 Å². The maximum absolute atomic E-state index is 5.66. The van der Waals surface area contributed by atoms with Crippen LogP contribution < -0.4 is 10.5 Å². The molecule has 0 saturated carbocycles. The number of pyridine rings is 1. The zero-order chi connectivity index (χ0) is 15.5. The Kier molecular flexibility index (Phi) is 3.61. The van der Waals surface area contributed by atoms with Crippen LogP contribution in [-0.4, -0.2) is 32.5 Å². The minimum absolute atomic E-state index is 0.357. The number of nitrogens with two attached hydrogens (primary N) is 1. The van der Waals surface area contributed by atoms with Gasteiger partial charge < -0.3 is 10.5 Å². The third-order valence-electron chi connectivity index (χ3n) is 3.23. The normalized spacial score (nSPS) is 10.5.